The second-order valence-corrected chi connectivity index (χ2v) is 6.02. The highest BCUT2D eigenvalue weighted by Gasteiger charge is 2.26. The molecular weight excluding hydrogens is 270 g/mol. The maximum atomic E-state index is 6.20. The molecule has 3 rings (SSSR count). The minimum absolute atomic E-state index is 0.0710. The van der Waals surface area contributed by atoms with Crippen LogP contribution in [-0.4, -0.2) is 0 Å². The SMILES string of the molecule is Nc1ccccc1C(N=Nc1ccccc1)C1CCCCC1. The highest BCUT2D eigenvalue weighted by Crippen LogP contribution is 2.39. The number of hydrogen-bond donors (Lipinski definition) is 1. The van der Waals surface area contributed by atoms with Gasteiger partial charge in [-0.2, -0.15) is 10.2 Å². The largest absolute Gasteiger partial charge is 0.398 e. The Bertz CT molecular complexity index is 616. The molecule has 0 bridgehead atoms. The van der Waals surface area contributed by atoms with E-state index >= 15 is 0 Å². The lowest BCUT2D eigenvalue weighted by Gasteiger charge is -2.27. The molecule has 3 heteroatoms. The maximum absolute atomic E-state index is 6.20. The minimum atomic E-state index is 0.0710. The van der Waals surface area contributed by atoms with Crippen LogP contribution in [0.3, 0.4) is 0 Å². The van der Waals surface area contributed by atoms with E-state index in [9.17, 15) is 0 Å². The average Bonchev–Trinajstić information content (AvgIpc) is 2.58. The highest BCUT2D eigenvalue weighted by molar-refractivity contribution is 5.48. The van der Waals surface area contributed by atoms with Crippen molar-refractivity contribution in [3.63, 3.8) is 0 Å². The van der Waals surface area contributed by atoms with Crippen LogP contribution < -0.4 is 5.73 Å². The molecule has 1 atom stereocenters. The van der Waals surface area contributed by atoms with E-state index in [4.69, 9.17) is 10.8 Å². The van der Waals surface area contributed by atoms with Gasteiger partial charge in [-0.1, -0.05) is 55.7 Å². The van der Waals surface area contributed by atoms with Crippen LogP contribution >= 0.6 is 0 Å². The lowest BCUT2D eigenvalue weighted by molar-refractivity contribution is 0.304. The van der Waals surface area contributed by atoms with Gasteiger partial charge >= 0.3 is 0 Å². The fourth-order valence-electron chi connectivity index (χ4n) is 3.26. The zero-order chi connectivity index (χ0) is 15.2. The first-order chi connectivity index (χ1) is 10.8. The van der Waals surface area contributed by atoms with Gasteiger partial charge in [0.05, 0.1) is 5.69 Å². The lowest BCUT2D eigenvalue weighted by atomic mass is 9.81. The van der Waals surface area contributed by atoms with Crippen LogP contribution in [0.5, 0.6) is 0 Å². The Balaban J connectivity index is 1.89. The van der Waals surface area contributed by atoms with E-state index in [1.54, 1.807) is 0 Å². The summed E-state index contributed by atoms with van der Waals surface area (Å²) in [6, 6.07) is 18.1. The lowest BCUT2D eigenvalue weighted by Crippen LogP contribution is -2.15. The number of rotatable bonds is 4. The Morgan fingerprint density at radius 3 is 2.27 bits per heavy atom. The second kappa shape index (κ2) is 7.21. The Morgan fingerprint density at radius 1 is 0.864 bits per heavy atom. The van der Waals surface area contributed by atoms with Crippen LogP contribution in [0.2, 0.25) is 0 Å². The molecule has 1 aliphatic carbocycles. The first-order valence-electron chi connectivity index (χ1n) is 8.15. The van der Waals surface area contributed by atoms with Gasteiger partial charge in [-0.3, -0.25) is 0 Å². The topological polar surface area (TPSA) is 50.7 Å². The number of azo groups is 1. The minimum Gasteiger partial charge on any atom is -0.398 e. The molecule has 2 aromatic rings. The first kappa shape index (κ1) is 14.8. The third kappa shape index (κ3) is 3.53. The van der Waals surface area contributed by atoms with Gasteiger partial charge in [-0.05, 0) is 37.0 Å². The van der Waals surface area contributed by atoms with Crippen LogP contribution in [0, 0.1) is 5.92 Å². The van der Waals surface area contributed by atoms with Crippen molar-refractivity contribution in [3.8, 4) is 0 Å². The van der Waals surface area contributed by atoms with Crippen LogP contribution in [0.25, 0.3) is 0 Å². The first-order valence-corrected chi connectivity index (χ1v) is 8.15. The van der Waals surface area contributed by atoms with Crippen molar-refractivity contribution >= 4 is 11.4 Å². The van der Waals surface area contributed by atoms with Crippen molar-refractivity contribution in [1.82, 2.24) is 0 Å². The predicted molar refractivity (Wildman–Crippen MR) is 91.1 cm³/mol. The van der Waals surface area contributed by atoms with Crippen molar-refractivity contribution in [1.29, 1.82) is 0 Å². The molecule has 2 aromatic carbocycles. The summed E-state index contributed by atoms with van der Waals surface area (Å²) in [7, 11) is 0. The summed E-state index contributed by atoms with van der Waals surface area (Å²) in [5, 5.41) is 9.16. The monoisotopic (exact) mass is 293 g/mol. The molecule has 1 aliphatic rings. The third-order valence-corrected chi connectivity index (χ3v) is 4.46. The number of nitrogens with zero attached hydrogens (tertiary/aromatic N) is 2. The molecular formula is C19H23N3. The average molecular weight is 293 g/mol. The zero-order valence-corrected chi connectivity index (χ0v) is 12.9. The number of nitrogen functional groups attached to an aromatic ring is 1. The fourth-order valence-corrected chi connectivity index (χ4v) is 3.26. The molecule has 0 heterocycles. The van der Waals surface area contributed by atoms with Gasteiger partial charge in [-0.25, -0.2) is 0 Å². The maximum Gasteiger partial charge on any atom is 0.101 e. The summed E-state index contributed by atoms with van der Waals surface area (Å²) in [5.41, 5.74) is 9.04. The molecule has 3 nitrogen and oxygen atoms in total. The molecule has 0 aromatic heterocycles. The molecule has 114 valence electrons. The standard InChI is InChI=1S/C19H23N3/c20-18-14-8-7-13-17(18)19(15-9-3-1-4-10-15)22-21-16-11-5-2-6-12-16/h2,5-8,11-15,19H,1,3-4,9-10,20H2. The van der Waals surface area contributed by atoms with Crippen molar-refractivity contribution in [2.24, 2.45) is 16.1 Å². The van der Waals surface area contributed by atoms with E-state index in [0.717, 1.165) is 16.9 Å². The molecule has 1 fully saturated rings. The van der Waals surface area contributed by atoms with Gasteiger partial charge in [0.2, 0.25) is 0 Å². The number of nitrogens with two attached hydrogens (primary N) is 1. The second-order valence-electron chi connectivity index (χ2n) is 6.02. The summed E-state index contributed by atoms with van der Waals surface area (Å²) in [5.74, 6) is 0.547. The van der Waals surface area contributed by atoms with E-state index in [-0.39, 0.29) is 6.04 Å². The zero-order valence-electron chi connectivity index (χ0n) is 12.9. The summed E-state index contributed by atoms with van der Waals surface area (Å²) in [6.45, 7) is 0. The number of anilines is 1. The van der Waals surface area contributed by atoms with Gasteiger partial charge < -0.3 is 5.73 Å². The highest BCUT2D eigenvalue weighted by atomic mass is 15.1. The summed E-state index contributed by atoms with van der Waals surface area (Å²) < 4.78 is 0. The van der Waals surface area contributed by atoms with Crippen LogP contribution in [-0.2, 0) is 0 Å². The summed E-state index contributed by atoms with van der Waals surface area (Å²) >= 11 is 0. The Morgan fingerprint density at radius 2 is 1.55 bits per heavy atom. The van der Waals surface area contributed by atoms with Gasteiger partial charge in [-0.15, -0.1) is 0 Å². The molecule has 22 heavy (non-hydrogen) atoms. The predicted octanol–water partition coefficient (Wildman–Crippen LogP) is 5.67. The van der Waals surface area contributed by atoms with Crippen molar-refractivity contribution < 1.29 is 0 Å². The van der Waals surface area contributed by atoms with Gasteiger partial charge in [0, 0.05) is 11.3 Å². The summed E-state index contributed by atoms with van der Waals surface area (Å²) in [6.07, 6.45) is 6.34. The van der Waals surface area contributed by atoms with E-state index in [2.05, 4.69) is 11.2 Å². The third-order valence-electron chi connectivity index (χ3n) is 4.46. The van der Waals surface area contributed by atoms with E-state index in [1.165, 1.54) is 32.1 Å². The number of hydrogen-bond acceptors (Lipinski definition) is 3. The Hall–Kier alpha value is -2.16. The van der Waals surface area contributed by atoms with Crippen LogP contribution in [0.15, 0.2) is 64.8 Å². The van der Waals surface area contributed by atoms with Crippen molar-refractivity contribution in [3.05, 3.63) is 60.2 Å². The number of benzene rings is 2. The van der Waals surface area contributed by atoms with Gasteiger partial charge in [0.15, 0.2) is 0 Å². The van der Waals surface area contributed by atoms with Gasteiger partial charge in [0.1, 0.15) is 6.04 Å². The van der Waals surface area contributed by atoms with E-state index in [1.807, 2.05) is 48.5 Å². The quantitative estimate of drug-likeness (QED) is 0.572. The fraction of sp³-hybridized carbons (Fsp3) is 0.368. The van der Waals surface area contributed by atoms with Gasteiger partial charge in [0.25, 0.3) is 0 Å². The normalized spacial score (nSPS) is 17.6. The Kier molecular flexibility index (Phi) is 4.84. The molecule has 0 radical (unpaired) electrons. The molecule has 0 saturated heterocycles. The summed E-state index contributed by atoms with van der Waals surface area (Å²) in [4.78, 5) is 0. The van der Waals surface area contributed by atoms with Crippen LogP contribution in [0.4, 0.5) is 11.4 Å². The molecule has 0 aliphatic heterocycles. The molecule has 0 spiro atoms. The Labute approximate surface area is 132 Å². The van der Waals surface area contributed by atoms with Crippen LogP contribution in [0.1, 0.15) is 43.7 Å². The molecule has 1 unspecified atom stereocenters. The number of para-hydroxylation sites is 1. The van der Waals surface area contributed by atoms with Crippen molar-refractivity contribution in [2.75, 3.05) is 5.73 Å². The molecule has 1 saturated carbocycles. The molecule has 0 amide bonds. The van der Waals surface area contributed by atoms with E-state index < -0.39 is 0 Å². The smallest absolute Gasteiger partial charge is 0.101 e. The van der Waals surface area contributed by atoms with E-state index in [0.29, 0.717) is 5.92 Å². The van der Waals surface area contributed by atoms with Crippen molar-refractivity contribution in [2.45, 2.75) is 38.1 Å². The molecule has 2 N–H and O–H groups in total.